The maximum Gasteiger partial charge on any atom is 0.250 e. The number of nitrogens with zero attached hydrogens (tertiary/aromatic N) is 1. The first-order valence-electron chi connectivity index (χ1n) is 15.6. The van der Waals surface area contributed by atoms with Crippen molar-refractivity contribution in [3.63, 3.8) is 0 Å². The van der Waals surface area contributed by atoms with Gasteiger partial charge in [0.05, 0.1) is 7.11 Å². The lowest BCUT2D eigenvalue weighted by atomic mass is 9.93. The Balaban J connectivity index is 1.63. The number of ether oxygens (including phenoxy) is 1. The molecule has 1 aliphatic carbocycles. The summed E-state index contributed by atoms with van der Waals surface area (Å²) in [5.74, 6) is 0.630. The topological polar surface area (TPSA) is 70.5 Å². The first-order valence-corrected chi connectivity index (χ1v) is 15.6. The van der Waals surface area contributed by atoms with Crippen LogP contribution in [0.2, 0.25) is 0 Å². The van der Waals surface area contributed by atoms with Gasteiger partial charge in [-0.05, 0) is 98.8 Å². The van der Waals surface area contributed by atoms with Crippen molar-refractivity contribution in [2.24, 2.45) is 11.8 Å². The van der Waals surface area contributed by atoms with Crippen molar-refractivity contribution in [2.45, 2.75) is 78.2 Å². The number of allylic oxidation sites excluding steroid dienone is 9. The van der Waals surface area contributed by atoms with Crippen LogP contribution in [0.5, 0.6) is 0 Å². The van der Waals surface area contributed by atoms with Crippen LogP contribution >= 0.6 is 0 Å². The van der Waals surface area contributed by atoms with Crippen molar-refractivity contribution in [3.05, 3.63) is 107 Å². The highest BCUT2D eigenvalue weighted by Gasteiger charge is 2.30. The molecule has 0 spiro atoms. The van der Waals surface area contributed by atoms with E-state index >= 15 is 0 Å². The standard InChI is InChI=1S/C37H47FN2O3/c1-5-11-32-20-19-29(22-23-40(32)37(42)34-16-10-15-33(43-4)21-18-27(34)3)26-36(41)35(39)17-8-7-12-28(6-2)24-30-13-9-14-31(38)25-30/h7-10,12-17,21,25-28,32,39H,5-6,11,18-20,22-24H2,1-4H3/b12-7+,15-10-,17-8+,29-26-,33-21-,34-16+,39-35?/t27?,28?,32-/m0/s1. The Morgan fingerprint density at radius 1 is 1.21 bits per heavy atom. The summed E-state index contributed by atoms with van der Waals surface area (Å²) in [6.45, 7) is 6.86. The number of hydrogen-bond donors (Lipinski definition) is 1. The first-order chi connectivity index (χ1) is 20.7. The van der Waals surface area contributed by atoms with Gasteiger partial charge in [0, 0.05) is 18.2 Å². The minimum absolute atomic E-state index is 0.0682. The van der Waals surface area contributed by atoms with E-state index in [9.17, 15) is 14.0 Å². The average molecular weight is 587 g/mol. The second kappa shape index (κ2) is 17.3. The molecule has 5 nitrogen and oxygen atoms in total. The molecule has 1 heterocycles. The molecule has 3 atom stereocenters. The summed E-state index contributed by atoms with van der Waals surface area (Å²) in [4.78, 5) is 28.7. The average Bonchev–Trinajstić information content (AvgIpc) is 3.18. The van der Waals surface area contributed by atoms with Gasteiger partial charge in [-0.1, -0.05) is 75.3 Å². The molecule has 1 aromatic carbocycles. The van der Waals surface area contributed by atoms with Gasteiger partial charge in [0.1, 0.15) is 17.3 Å². The second-order valence-electron chi connectivity index (χ2n) is 11.5. The van der Waals surface area contributed by atoms with E-state index in [0.29, 0.717) is 13.0 Å². The van der Waals surface area contributed by atoms with Crippen LogP contribution in [-0.2, 0) is 20.7 Å². The zero-order valence-corrected chi connectivity index (χ0v) is 26.2. The third-order valence-corrected chi connectivity index (χ3v) is 8.29. The molecule has 3 rings (SSSR count). The molecule has 1 aromatic rings. The van der Waals surface area contributed by atoms with Gasteiger partial charge < -0.3 is 9.64 Å². The maximum atomic E-state index is 13.8. The molecule has 6 heteroatoms. The monoisotopic (exact) mass is 586 g/mol. The lowest BCUT2D eigenvalue weighted by Crippen LogP contribution is -2.41. The quantitative estimate of drug-likeness (QED) is 0.152. The van der Waals surface area contributed by atoms with E-state index in [0.717, 1.165) is 67.4 Å². The number of rotatable bonds is 12. The van der Waals surface area contributed by atoms with Crippen molar-refractivity contribution >= 4 is 17.4 Å². The third-order valence-electron chi connectivity index (χ3n) is 8.29. The van der Waals surface area contributed by atoms with E-state index in [1.165, 1.54) is 12.1 Å². The summed E-state index contributed by atoms with van der Waals surface area (Å²) in [5.41, 5.74) is 2.67. The molecule has 1 fully saturated rings. The number of nitrogens with one attached hydrogen (secondary N) is 1. The van der Waals surface area contributed by atoms with Gasteiger partial charge in [-0.3, -0.25) is 15.0 Å². The molecule has 1 aliphatic heterocycles. The Kier molecular flexibility index (Phi) is 13.6. The number of carbonyl (C=O) groups is 2. The predicted octanol–water partition coefficient (Wildman–Crippen LogP) is 8.26. The van der Waals surface area contributed by atoms with E-state index in [4.69, 9.17) is 10.1 Å². The normalized spacial score (nSPS) is 24.4. The van der Waals surface area contributed by atoms with E-state index in [2.05, 4.69) is 20.8 Å². The highest BCUT2D eigenvalue weighted by molar-refractivity contribution is 6.46. The summed E-state index contributed by atoms with van der Waals surface area (Å²) in [7, 11) is 1.65. The predicted molar refractivity (Wildman–Crippen MR) is 173 cm³/mol. The van der Waals surface area contributed by atoms with Crippen LogP contribution in [0.15, 0.2) is 95.9 Å². The van der Waals surface area contributed by atoms with Gasteiger partial charge in [-0.2, -0.15) is 0 Å². The van der Waals surface area contributed by atoms with Crippen LogP contribution in [0.25, 0.3) is 0 Å². The minimum Gasteiger partial charge on any atom is -0.497 e. The Morgan fingerprint density at radius 2 is 2.02 bits per heavy atom. The summed E-state index contributed by atoms with van der Waals surface area (Å²) in [6.07, 6.45) is 22.9. The Morgan fingerprint density at radius 3 is 2.74 bits per heavy atom. The summed E-state index contributed by atoms with van der Waals surface area (Å²) in [6, 6.07) is 6.77. The molecule has 1 amide bonds. The van der Waals surface area contributed by atoms with E-state index in [1.54, 1.807) is 31.4 Å². The van der Waals surface area contributed by atoms with Crippen molar-refractivity contribution < 1.29 is 18.7 Å². The second-order valence-corrected chi connectivity index (χ2v) is 11.5. The molecular formula is C37H47FN2O3. The minimum atomic E-state index is -0.319. The van der Waals surface area contributed by atoms with E-state index in [1.807, 2.05) is 47.4 Å². The number of amides is 1. The molecule has 1 saturated heterocycles. The fraction of sp³-hybridized carbons (Fsp3) is 0.432. The summed E-state index contributed by atoms with van der Waals surface area (Å²) < 4.78 is 18.9. The number of carbonyl (C=O) groups excluding carboxylic acids is 2. The van der Waals surface area contributed by atoms with Crippen molar-refractivity contribution in [2.75, 3.05) is 13.7 Å². The van der Waals surface area contributed by atoms with Crippen LogP contribution in [0.4, 0.5) is 4.39 Å². The number of halogens is 1. The highest BCUT2D eigenvalue weighted by atomic mass is 19.1. The van der Waals surface area contributed by atoms with Gasteiger partial charge in [-0.25, -0.2) is 4.39 Å². The molecule has 2 aliphatic rings. The largest absolute Gasteiger partial charge is 0.497 e. The molecule has 1 N–H and O–H groups in total. The number of likely N-dealkylation sites (tertiary alicyclic amines) is 1. The maximum absolute atomic E-state index is 13.8. The fourth-order valence-electron chi connectivity index (χ4n) is 5.66. The molecule has 2 unspecified atom stereocenters. The van der Waals surface area contributed by atoms with Gasteiger partial charge >= 0.3 is 0 Å². The van der Waals surface area contributed by atoms with Crippen LogP contribution in [0.1, 0.15) is 71.3 Å². The zero-order chi connectivity index (χ0) is 31.2. The number of ketones is 1. The van der Waals surface area contributed by atoms with Crippen LogP contribution in [0, 0.1) is 23.1 Å². The van der Waals surface area contributed by atoms with Crippen molar-refractivity contribution in [1.82, 2.24) is 4.90 Å². The molecular weight excluding hydrogens is 539 g/mol. The number of benzene rings is 1. The van der Waals surface area contributed by atoms with Gasteiger partial charge in [0.25, 0.3) is 0 Å². The van der Waals surface area contributed by atoms with Crippen LogP contribution in [0.3, 0.4) is 0 Å². The number of hydrogen-bond acceptors (Lipinski definition) is 4. The summed E-state index contributed by atoms with van der Waals surface area (Å²) >= 11 is 0. The molecule has 230 valence electrons. The third kappa shape index (κ3) is 10.5. The van der Waals surface area contributed by atoms with E-state index in [-0.39, 0.29) is 41.1 Å². The Hall–Kier alpha value is -3.80. The summed E-state index contributed by atoms with van der Waals surface area (Å²) in [5, 5.41) is 8.29. The lowest BCUT2D eigenvalue weighted by molar-refractivity contribution is -0.130. The molecule has 0 bridgehead atoms. The smallest absolute Gasteiger partial charge is 0.250 e. The van der Waals surface area contributed by atoms with Gasteiger partial charge in [-0.15, -0.1) is 0 Å². The zero-order valence-electron chi connectivity index (χ0n) is 26.2. The molecule has 0 aromatic heterocycles. The first kappa shape index (κ1) is 33.7. The number of methoxy groups -OCH3 is 1. The van der Waals surface area contributed by atoms with Crippen LogP contribution in [-0.4, -0.2) is 42.0 Å². The SMILES string of the molecule is CCC[C@H]1CC/C(=C/C(=O)C(=N)/C=C/C=C/C(CC)Cc2cccc(F)c2)CCN1C(=O)/C1=C/C=C\C(OC)=C\CC1C. The lowest BCUT2D eigenvalue weighted by Gasteiger charge is -2.32. The van der Waals surface area contributed by atoms with E-state index < -0.39 is 0 Å². The van der Waals surface area contributed by atoms with Gasteiger partial charge in [0.2, 0.25) is 11.7 Å². The van der Waals surface area contributed by atoms with Crippen molar-refractivity contribution in [1.29, 1.82) is 5.41 Å². The Bertz CT molecular complexity index is 1320. The fourth-order valence-corrected chi connectivity index (χ4v) is 5.66. The Labute approximate surface area is 257 Å². The molecule has 0 radical (unpaired) electrons. The van der Waals surface area contributed by atoms with Crippen molar-refractivity contribution in [3.8, 4) is 0 Å². The van der Waals surface area contributed by atoms with Gasteiger partial charge in [0.15, 0.2) is 0 Å². The molecule has 43 heavy (non-hydrogen) atoms. The van der Waals surface area contributed by atoms with Crippen LogP contribution < -0.4 is 0 Å². The molecule has 0 saturated carbocycles. The highest BCUT2D eigenvalue weighted by Crippen LogP contribution is 2.29.